The molecular weight excluding hydrogens is 326 g/mol. The highest BCUT2D eigenvalue weighted by Gasteiger charge is 2.60. The maximum Gasteiger partial charge on any atom is 0.0271 e. The predicted octanol–water partition coefficient (Wildman–Crippen LogP) is 6.10. The van der Waals surface area contributed by atoms with Gasteiger partial charge in [0.25, 0.3) is 0 Å². The van der Waals surface area contributed by atoms with E-state index < -0.39 is 0 Å². The molecule has 5 aliphatic carbocycles. The largest absolute Gasteiger partial charge is 0.399 e. The first-order valence-corrected chi connectivity index (χ1v) is 10.8. The van der Waals surface area contributed by atoms with Crippen LogP contribution in [0.4, 0.5) is 0 Å². The standard InChI is InChI=1S/C26H29N/c27-22-8-10-26(11-9-22,24-7-3-5-21-4-1-2-6-23(21)24)25-15-18-12-19(16-25)14-20(13-18)17-25/h1-10,18-20H,11-17,27H2. The van der Waals surface area contributed by atoms with Gasteiger partial charge in [-0.1, -0.05) is 54.6 Å². The van der Waals surface area contributed by atoms with E-state index in [0.29, 0.717) is 5.41 Å². The zero-order valence-electron chi connectivity index (χ0n) is 16.0. The number of nitrogens with two attached hydrogens (primary N) is 1. The van der Waals surface area contributed by atoms with Crippen LogP contribution in [0.3, 0.4) is 0 Å². The van der Waals surface area contributed by atoms with E-state index in [2.05, 4.69) is 60.7 Å². The fourth-order valence-electron chi connectivity index (χ4n) is 7.80. The molecule has 0 aromatic heterocycles. The van der Waals surface area contributed by atoms with Gasteiger partial charge in [0, 0.05) is 11.1 Å². The second-order valence-electron chi connectivity index (χ2n) is 9.94. The fourth-order valence-corrected chi connectivity index (χ4v) is 7.80. The number of hydrogen-bond donors (Lipinski definition) is 1. The Morgan fingerprint density at radius 3 is 2.15 bits per heavy atom. The maximum atomic E-state index is 6.21. The summed E-state index contributed by atoms with van der Waals surface area (Å²) in [5.74, 6) is 2.87. The SMILES string of the molecule is NC1=CCC(c2cccc3ccccc23)(C23CC4CC(CC(C4)C2)C3)C=C1. The molecule has 7 rings (SSSR count). The first kappa shape index (κ1) is 16.0. The lowest BCUT2D eigenvalue weighted by Gasteiger charge is -2.64. The van der Waals surface area contributed by atoms with Crippen LogP contribution in [-0.4, -0.2) is 0 Å². The van der Waals surface area contributed by atoms with Gasteiger partial charge >= 0.3 is 0 Å². The first-order chi connectivity index (χ1) is 13.2. The lowest BCUT2D eigenvalue weighted by atomic mass is 9.40. The fraction of sp³-hybridized carbons (Fsp3) is 0.462. The Morgan fingerprint density at radius 2 is 1.48 bits per heavy atom. The smallest absolute Gasteiger partial charge is 0.0271 e. The van der Waals surface area contributed by atoms with Gasteiger partial charge in [0.1, 0.15) is 0 Å². The van der Waals surface area contributed by atoms with Gasteiger partial charge in [0.2, 0.25) is 0 Å². The molecule has 0 aliphatic heterocycles. The van der Waals surface area contributed by atoms with Crippen molar-refractivity contribution in [1.29, 1.82) is 0 Å². The molecular formula is C26H29N. The summed E-state index contributed by atoms with van der Waals surface area (Å²) in [4.78, 5) is 0. The van der Waals surface area contributed by atoms with E-state index in [1.54, 1.807) is 5.56 Å². The summed E-state index contributed by atoms with van der Waals surface area (Å²) in [6.07, 6.45) is 16.8. The van der Waals surface area contributed by atoms with Crippen LogP contribution in [-0.2, 0) is 5.41 Å². The summed E-state index contributed by atoms with van der Waals surface area (Å²) in [6.45, 7) is 0. The van der Waals surface area contributed by atoms with Crippen molar-refractivity contribution in [2.75, 3.05) is 0 Å². The van der Waals surface area contributed by atoms with Crippen LogP contribution in [0.2, 0.25) is 0 Å². The van der Waals surface area contributed by atoms with Crippen LogP contribution in [0, 0.1) is 23.2 Å². The van der Waals surface area contributed by atoms with Crippen LogP contribution in [0.1, 0.15) is 50.5 Å². The van der Waals surface area contributed by atoms with Gasteiger partial charge in [-0.05, 0) is 90.5 Å². The lowest BCUT2D eigenvalue weighted by Crippen LogP contribution is -2.56. The minimum absolute atomic E-state index is 0.104. The van der Waals surface area contributed by atoms with E-state index in [-0.39, 0.29) is 5.41 Å². The molecule has 1 nitrogen and oxygen atoms in total. The van der Waals surface area contributed by atoms with Gasteiger partial charge in [-0.2, -0.15) is 0 Å². The number of allylic oxidation sites excluding steroid dienone is 3. The molecule has 0 amide bonds. The van der Waals surface area contributed by atoms with Crippen molar-refractivity contribution in [3.8, 4) is 0 Å². The molecule has 1 heteroatoms. The molecule has 0 saturated heterocycles. The molecule has 4 saturated carbocycles. The summed E-state index contributed by atoms with van der Waals surface area (Å²) in [5.41, 5.74) is 9.22. The summed E-state index contributed by atoms with van der Waals surface area (Å²) in [7, 11) is 0. The third kappa shape index (κ3) is 2.18. The minimum atomic E-state index is 0.104. The molecule has 138 valence electrons. The molecule has 4 bridgehead atoms. The Morgan fingerprint density at radius 1 is 0.815 bits per heavy atom. The number of rotatable bonds is 2. The molecule has 5 aliphatic rings. The Bertz CT molecular complexity index is 925. The Kier molecular flexibility index (Phi) is 3.26. The van der Waals surface area contributed by atoms with E-state index >= 15 is 0 Å². The van der Waals surface area contributed by atoms with Gasteiger partial charge in [-0.3, -0.25) is 0 Å². The van der Waals surface area contributed by atoms with Crippen molar-refractivity contribution in [1.82, 2.24) is 0 Å². The van der Waals surface area contributed by atoms with Gasteiger partial charge in [-0.15, -0.1) is 0 Å². The van der Waals surface area contributed by atoms with Gasteiger partial charge in [-0.25, -0.2) is 0 Å². The van der Waals surface area contributed by atoms with E-state index in [9.17, 15) is 0 Å². The zero-order chi connectivity index (χ0) is 18.1. The summed E-state index contributed by atoms with van der Waals surface area (Å²) in [6, 6.07) is 15.9. The molecule has 2 aromatic carbocycles. The highest BCUT2D eigenvalue weighted by atomic mass is 14.7. The molecule has 0 radical (unpaired) electrons. The normalized spacial score (nSPS) is 39.7. The van der Waals surface area contributed by atoms with Crippen LogP contribution in [0.25, 0.3) is 10.8 Å². The Hall–Kier alpha value is -2.02. The monoisotopic (exact) mass is 355 g/mol. The highest BCUT2D eigenvalue weighted by molar-refractivity contribution is 5.87. The van der Waals surface area contributed by atoms with Crippen molar-refractivity contribution in [3.63, 3.8) is 0 Å². The van der Waals surface area contributed by atoms with E-state index in [1.165, 1.54) is 49.3 Å². The first-order valence-electron chi connectivity index (χ1n) is 10.8. The van der Waals surface area contributed by atoms with E-state index in [4.69, 9.17) is 5.73 Å². The average Bonchev–Trinajstić information content (AvgIpc) is 2.67. The summed E-state index contributed by atoms with van der Waals surface area (Å²) < 4.78 is 0. The molecule has 0 heterocycles. The molecule has 2 N–H and O–H groups in total. The average molecular weight is 356 g/mol. The Balaban J connectivity index is 1.59. The molecule has 27 heavy (non-hydrogen) atoms. The minimum Gasteiger partial charge on any atom is -0.399 e. The molecule has 2 aromatic rings. The number of fused-ring (bicyclic) bond motifs is 1. The summed E-state index contributed by atoms with van der Waals surface area (Å²) >= 11 is 0. The molecule has 4 fully saturated rings. The van der Waals surface area contributed by atoms with Crippen LogP contribution in [0.15, 0.2) is 66.4 Å². The van der Waals surface area contributed by atoms with Crippen LogP contribution < -0.4 is 5.73 Å². The van der Waals surface area contributed by atoms with Gasteiger partial charge in [0.15, 0.2) is 0 Å². The highest BCUT2D eigenvalue weighted by Crippen LogP contribution is 2.68. The molecule has 1 atom stereocenters. The number of hydrogen-bond acceptors (Lipinski definition) is 1. The lowest BCUT2D eigenvalue weighted by molar-refractivity contribution is -0.0880. The van der Waals surface area contributed by atoms with E-state index in [0.717, 1.165) is 29.9 Å². The number of benzene rings is 2. The van der Waals surface area contributed by atoms with Crippen molar-refractivity contribution in [3.05, 3.63) is 72.0 Å². The third-order valence-corrected chi connectivity index (χ3v) is 8.47. The predicted molar refractivity (Wildman–Crippen MR) is 112 cm³/mol. The Labute approximate surface area is 162 Å². The van der Waals surface area contributed by atoms with Crippen molar-refractivity contribution < 1.29 is 0 Å². The van der Waals surface area contributed by atoms with Gasteiger partial charge < -0.3 is 5.73 Å². The van der Waals surface area contributed by atoms with Crippen LogP contribution in [0.5, 0.6) is 0 Å². The summed E-state index contributed by atoms with van der Waals surface area (Å²) in [5, 5.41) is 2.81. The van der Waals surface area contributed by atoms with Gasteiger partial charge in [0.05, 0.1) is 0 Å². The topological polar surface area (TPSA) is 26.0 Å². The third-order valence-electron chi connectivity index (χ3n) is 8.47. The zero-order valence-corrected chi connectivity index (χ0v) is 16.0. The van der Waals surface area contributed by atoms with Crippen LogP contribution >= 0.6 is 0 Å². The van der Waals surface area contributed by atoms with Crippen molar-refractivity contribution in [2.45, 2.75) is 50.4 Å². The second-order valence-corrected chi connectivity index (χ2v) is 9.94. The molecule has 0 spiro atoms. The molecule has 1 unspecified atom stereocenters. The maximum absolute atomic E-state index is 6.21. The second kappa shape index (κ2) is 5.50. The van der Waals surface area contributed by atoms with E-state index in [1.807, 2.05) is 0 Å². The van der Waals surface area contributed by atoms with Crippen molar-refractivity contribution in [2.24, 2.45) is 28.9 Å². The van der Waals surface area contributed by atoms with Crippen molar-refractivity contribution >= 4 is 10.8 Å². The quantitative estimate of drug-likeness (QED) is 0.692.